The van der Waals surface area contributed by atoms with Crippen LogP contribution in [0.3, 0.4) is 0 Å². The fourth-order valence-corrected chi connectivity index (χ4v) is 3.09. The third kappa shape index (κ3) is 1.90. The lowest BCUT2D eigenvalue weighted by Crippen LogP contribution is -2.44. The highest BCUT2D eigenvalue weighted by Gasteiger charge is 2.58. The van der Waals surface area contributed by atoms with E-state index < -0.39 is 8.32 Å². The van der Waals surface area contributed by atoms with Crippen LogP contribution in [0.15, 0.2) is 0 Å². The second kappa shape index (κ2) is 3.15. The normalized spacial score (nSPS) is 35.5. The zero-order valence-corrected chi connectivity index (χ0v) is 11.2. The van der Waals surface area contributed by atoms with Crippen molar-refractivity contribution in [1.29, 1.82) is 0 Å². The fourth-order valence-electron chi connectivity index (χ4n) is 1.76. The molecule has 0 bridgehead atoms. The van der Waals surface area contributed by atoms with Crippen molar-refractivity contribution >= 4 is 14.1 Å². The highest BCUT2D eigenvalue weighted by Crippen LogP contribution is 2.43. The highest BCUT2D eigenvalue weighted by atomic mass is 28.4. The summed E-state index contributed by atoms with van der Waals surface area (Å²) in [6, 6.07) is 0. The van der Waals surface area contributed by atoms with Crippen LogP contribution in [-0.4, -0.2) is 32.4 Å². The van der Waals surface area contributed by atoms with Gasteiger partial charge in [-0.3, -0.25) is 4.79 Å². The van der Waals surface area contributed by atoms with E-state index in [0.717, 1.165) is 0 Å². The maximum Gasteiger partial charge on any atom is 0.192 e. The first-order valence-electron chi connectivity index (χ1n) is 5.58. The van der Waals surface area contributed by atoms with Gasteiger partial charge in [-0.25, -0.2) is 0 Å². The molecule has 0 aromatic carbocycles. The molecule has 1 aliphatic heterocycles. The third-order valence-corrected chi connectivity index (χ3v) is 8.37. The van der Waals surface area contributed by atoms with E-state index in [0.29, 0.717) is 6.42 Å². The summed E-state index contributed by atoms with van der Waals surface area (Å²) in [4.78, 5) is 11.4. The Labute approximate surface area is 92.3 Å². The van der Waals surface area contributed by atoms with Gasteiger partial charge in [0.25, 0.3) is 0 Å². The largest absolute Gasteiger partial charge is 0.411 e. The molecule has 4 heteroatoms. The number of carbonyl (C=O) groups excluding carboxylic acids is 1. The summed E-state index contributed by atoms with van der Waals surface area (Å²) in [5.41, 5.74) is 0. The Kier molecular flexibility index (Phi) is 2.37. The summed E-state index contributed by atoms with van der Waals surface area (Å²) in [5, 5.41) is 0.197. The minimum atomic E-state index is -1.75. The molecule has 2 aliphatic rings. The van der Waals surface area contributed by atoms with E-state index in [1.54, 1.807) is 0 Å². The van der Waals surface area contributed by atoms with Crippen LogP contribution in [0.5, 0.6) is 0 Å². The SMILES string of the molecule is CC(C)(C)[Si](C)(C)O[C@@H]1CC(=O)[C@H]2O[C@@H]21. The van der Waals surface area contributed by atoms with Crippen molar-refractivity contribution in [3.63, 3.8) is 0 Å². The van der Waals surface area contributed by atoms with Crippen LogP contribution >= 0.6 is 0 Å². The molecule has 1 heterocycles. The van der Waals surface area contributed by atoms with Gasteiger partial charge in [0.2, 0.25) is 0 Å². The molecule has 15 heavy (non-hydrogen) atoms. The Morgan fingerprint density at radius 2 is 2.00 bits per heavy atom. The zero-order chi connectivity index (χ0) is 11.4. The second-order valence-corrected chi connectivity index (χ2v) is 10.9. The van der Waals surface area contributed by atoms with Gasteiger partial charge in [-0.15, -0.1) is 0 Å². The lowest BCUT2D eigenvalue weighted by atomic mass is 10.2. The van der Waals surface area contributed by atoms with E-state index in [2.05, 4.69) is 33.9 Å². The standard InChI is InChI=1S/C11H20O3Si/c1-11(2,3)15(4,5)14-8-6-7(12)9-10(8)13-9/h8-10H,6H2,1-5H3/t8-,9-,10-/m1/s1. The molecule has 0 aromatic rings. The van der Waals surface area contributed by atoms with Crippen LogP contribution < -0.4 is 0 Å². The van der Waals surface area contributed by atoms with Crippen LogP contribution in [0.4, 0.5) is 0 Å². The number of ether oxygens (including phenoxy) is 1. The monoisotopic (exact) mass is 228 g/mol. The van der Waals surface area contributed by atoms with Crippen molar-refractivity contribution < 1.29 is 14.0 Å². The van der Waals surface area contributed by atoms with Crippen molar-refractivity contribution in [2.24, 2.45) is 0 Å². The van der Waals surface area contributed by atoms with Gasteiger partial charge in [-0.2, -0.15) is 0 Å². The average molecular weight is 228 g/mol. The molecule has 2 fully saturated rings. The van der Waals surface area contributed by atoms with E-state index in [1.807, 2.05) is 0 Å². The topological polar surface area (TPSA) is 38.8 Å². The summed E-state index contributed by atoms with van der Waals surface area (Å²) in [7, 11) is -1.75. The average Bonchev–Trinajstić information content (AvgIpc) is 2.73. The van der Waals surface area contributed by atoms with Crippen molar-refractivity contribution in [2.45, 2.75) is 63.6 Å². The van der Waals surface area contributed by atoms with Gasteiger partial charge in [-0.1, -0.05) is 20.8 Å². The molecule has 1 saturated heterocycles. The number of hydrogen-bond donors (Lipinski definition) is 0. The number of rotatable bonds is 2. The molecule has 1 saturated carbocycles. The number of hydrogen-bond acceptors (Lipinski definition) is 3. The lowest BCUT2D eigenvalue weighted by Gasteiger charge is -2.38. The molecule has 1 aliphatic carbocycles. The van der Waals surface area contributed by atoms with Crippen molar-refractivity contribution in [3.8, 4) is 0 Å². The molecule has 0 radical (unpaired) electrons. The van der Waals surface area contributed by atoms with Crippen LogP contribution in [0.1, 0.15) is 27.2 Å². The summed E-state index contributed by atoms with van der Waals surface area (Å²) in [5.74, 6) is 0.226. The quantitative estimate of drug-likeness (QED) is 0.537. The van der Waals surface area contributed by atoms with Gasteiger partial charge in [0.05, 0.1) is 6.10 Å². The predicted molar refractivity (Wildman–Crippen MR) is 60.4 cm³/mol. The van der Waals surface area contributed by atoms with E-state index in [1.165, 1.54) is 0 Å². The first-order valence-corrected chi connectivity index (χ1v) is 8.49. The van der Waals surface area contributed by atoms with Crippen LogP contribution in [0.2, 0.25) is 18.1 Å². The molecule has 2 rings (SSSR count). The molecule has 0 spiro atoms. The maximum absolute atomic E-state index is 11.4. The van der Waals surface area contributed by atoms with Gasteiger partial charge < -0.3 is 9.16 Å². The van der Waals surface area contributed by atoms with Crippen molar-refractivity contribution in [1.82, 2.24) is 0 Å². The summed E-state index contributed by atoms with van der Waals surface area (Å²) in [6.07, 6.45) is 0.539. The Balaban J connectivity index is 2.01. The summed E-state index contributed by atoms with van der Waals surface area (Å²) < 4.78 is 11.5. The second-order valence-electron chi connectivity index (χ2n) is 6.11. The van der Waals surface area contributed by atoms with Gasteiger partial charge in [0.1, 0.15) is 12.2 Å². The van der Waals surface area contributed by atoms with Gasteiger partial charge in [0.15, 0.2) is 14.1 Å². The lowest BCUT2D eigenvalue weighted by molar-refractivity contribution is -0.121. The highest BCUT2D eigenvalue weighted by molar-refractivity contribution is 6.74. The van der Waals surface area contributed by atoms with Gasteiger partial charge >= 0.3 is 0 Å². The van der Waals surface area contributed by atoms with E-state index >= 15 is 0 Å². The fraction of sp³-hybridized carbons (Fsp3) is 0.909. The summed E-state index contributed by atoms with van der Waals surface area (Å²) in [6.45, 7) is 11.1. The molecule has 0 aromatic heterocycles. The molecular weight excluding hydrogens is 208 g/mol. The number of epoxide rings is 1. The predicted octanol–water partition coefficient (Wildman–Crippen LogP) is 2.12. The van der Waals surface area contributed by atoms with Gasteiger partial charge in [0, 0.05) is 6.42 Å². The van der Waals surface area contributed by atoms with Crippen molar-refractivity contribution in [3.05, 3.63) is 0 Å². The Morgan fingerprint density at radius 3 is 2.33 bits per heavy atom. The van der Waals surface area contributed by atoms with E-state index in [-0.39, 0.29) is 29.1 Å². The number of carbonyl (C=O) groups is 1. The number of fused-ring (bicyclic) bond motifs is 1. The minimum Gasteiger partial charge on any atom is -0.411 e. The Morgan fingerprint density at radius 1 is 1.40 bits per heavy atom. The number of ketones is 1. The third-order valence-electron chi connectivity index (χ3n) is 3.86. The van der Waals surface area contributed by atoms with E-state index in [9.17, 15) is 4.79 Å². The van der Waals surface area contributed by atoms with Crippen LogP contribution in [-0.2, 0) is 14.0 Å². The maximum atomic E-state index is 11.4. The Hall–Kier alpha value is -0.193. The van der Waals surface area contributed by atoms with E-state index in [4.69, 9.17) is 9.16 Å². The molecular formula is C11H20O3Si. The van der Waals surface area contributed by atoms with Crippen molar-refractivity contribution in [2.75, 3.05) is 0 Å². The molecule has 3 nitrogen and oxygen atoms in total. The first-order chi connectivity index (χ1) is 6.72. The molecule has 0 N–H and O–H groups in total. The molecule has 3 atom stereocenters. The molecule has 86 valence electrons. The molecule has 0 unspecified atom stereocenters. The minimum absolute atomic E-state index is 0.0309. The number of Topliss-reactive ketones (excluding diaryl/α,β-unsaturated/α-hetero) is 1. The summed E-state index contributed by atoms with van der Waals surface area (Å²) >= 11 is 0. The first kappa shape index (κ1) is 11.3. The molecule has 0 amide bonds. The van der Waals surface area contributed by atoms with Crippen LogP contribution in [0, 0.1) is 0 Å². The smallest absolute Gasteiger partial charge is 0.192 e. The van der Waals surface area contributed by atoms with Crippen LogP contribution in [0.25, 0.3) is 0 Å². The Bertz CT molecular complexity index is 293. The zero-order valence-electron chi connectivity index (χ0n) is 10.2. The van der Waals surface area contributed by atoms with Gasteiger partial charge in [-0.05, 0) is 18.1 Å².